The predicted octanol–water partition coefficient (Wildman–Crippen LogP) is 5.25. The van der Waals surface area contributed by atoms with Gasteiger partial charge in [-0.2, -0.15) is 0 Å². The van der Waals surface area contributed by atoms with Gasteiger partial charge < -0.3 is 24.3 Å². The minimum Gasteiger partial charge on any atom is -0.493 e. The average Bonchev–Trinajstić information content (AvgIpc) is 3.22. The molecule has 0 spiro atoms. The van der Waals surface area contributed by atoms with Gasteiger partial charge in [-0.25, -0.2) is 0 Å². The van der Waals surface area contributed by atoms with Gasteiger partial charge in [-0.15, -0.1) is 0 Å². The minimum absolute atomic E-state index is 0.278. The van der Waals surface area contributed by atoms with E-state index in [9.17, 15) is 0 Å². The van der Waals surface area contributed by atoms with Gasteiger partial charge in [0.05, 0.1) is 7.11 Å². The summed E-state index contributed by atoms with van der Waals surface area (Å²) in [4.78, 5) is 0. The van der Waals surface area contributed by atoms with E-state index < -0.39 is 0 Å². The summed E-state index contributed by atoms with van der Waals surface area (Å²) in [5, 5.41) is 4.04. The fraction of sp³-hybridized carbons (Fsp3) is 0.250. The summed E-state index contributed by atoms with van der Waals surface area (Å²) in [5.74, 6) is 2.85. The summed E-state index contributed by atoms with van der Waals surface area (Å²) < 4.78 is 22.2. The quantitative estimate of drug-likeness (QED) is 0.533. The number of methoxy groups -OCH3 is 1. The Bertz CT molecular complexity index is 1020. The van der Waals surface area contributed by atoms with E-state index in [1.54, 1.807) is 7.11 Å². The summed E-state index contributed by atoms with van der Waals surface area (Å²) in [6.07, 6.45) is 0. The van der Waals surface area contributed by atoms with Crippen molar-refractivity contribution in [2.45, 2.75) is 26.6 Å². The molecular formula is C24H24ClNO4. The number of hydrogen-bond acceptors (Lipinski definition) is 5. The van der Waals surface area contributed by atoms with E-state index in [2.05, 4.69) is 36.5 Å². The number of nitrogens with one attached hydrogen (secondary N) is 1. The SMILES string of the molecule is COc1cc(CNCc2ccc3c(c2)OCO3)c(Cl)cc1OCc1ccc(C)cc1. The van der Waals surface area contributed by atoms with Gasteiger partial charge in [-0.1, -0.05) is 47.5 Å². The van der Waals surface area contributed by atoms with E-state index in [1.807, 2.05) is 30.3 Å². The lowest BCUT2D eigenvalue weighted by Crippen LogP contribution is -2.13. The minimum atomic E-state index is 0.278. The van der Waals surface area contributed by atoms with Crippen molar-refractivity contribution in [2.75, 3.05) is 13.9 Å². The lowest BCUT2D eigenvalue weighted by atomic mass is 10.1. The van der Waals surface area contributed by atoms with Crippen LogP contribution in [0.25, 0.3) is 0 Å². The van der Waals surface area contributed by atoms with Crippen molar-refractivity contribution in [3.05, 3.63) is 81.9 Å². The molecule has 0 saturated carbocycles. The molecule has 0 unspecified atom stereocenters. The number of ether oxygens (including phenoxy) is 4. The van der Waals surface area contributed by atoms with E-state index in [1.165, 1.54) is 5.56 Å². The first-order valence-corrected chi connectivity index (χ1v) is 10.1. The van der Waals surface area contributed by atoms with Crippen LogP contribution in [0.15, 0.2) is 54.6 Å². The van der Waals surface area contributed by atoms with Gasteiger partial charge in [-0.3, -0.25) is 0 Å². The summed E-state index contributed by atoms with van der Waals surface area (Å²) >= 11 is 6.51. The van der Waals surface area contributed by atoms with E-state index in [0.29, 0.717) is 36.2 Å². The third-order valence-electron chi connectivity index (χ3n) is 4.93. The molecule has 3 aromatic carbocycles. The summed E-state index contributed by atoms with van der Waals surface area (Å²) in [5.41, 5.74) is 4.36. The smallest absolute Gasteiger partial charge is 0.231 e. The molecule has 0 aliphatic carbocycles. The summed E-state index contributed by atoms with van der Waals surface area (Å²) in [7, 11) is 1.63. The zero-order chi connectivity index (χ0) is 20.9. The van der Waals surface area contributed by atoms with Crippen molar-refractivity contribution in [1.29, 1.82) is 0 Å². The van der Waals surface area contributed by atoms with E-state index in [-0.39, 0.29) is 6.79 Å². The molecule has 0 atom stereocenters. The molecule has 0 fully saturated rings. The molecule has 156 valence electrons. The molecule has 0 amide bonds. The second-order valence-corrected chi connectivity index (χ2v) is 7.57. The topological polar surface area (TPSA) is 49.0 Å². The Morgan fingerprint density at radius 2 is 1.67 bits per heavy atom. The molecule has 30 heavy (non-hydrogen) atoms. The number of benzene rings is 3. The lowest BCUT2D eigenvalue weighted by Gasteiger charge is -2.14. The number of hydrogen-bond donors (Lipinski definition) is 1. The third-order valence-corrected chi connectivity index (χ3v) is 5.28. The normalized spacial score (nSPS) is 12.1. The second-order valence-electron chi connectivity index (χ2n) is 7.16. The lowest BCUT2D eigenvalue weighted by molar-refractivity contribution is 0.174. The molecule has 5 nitrogen and oxygen atoms in total. The molecule has 1 aliphatic rings. The summed E-state index contributed by atoms with van der Waals surface area (Å²) in [6, 6.07) is 17.9. The standard InChI is InChI=1S/C24H24ClNO4/c1-16-3-5-17(6-4-16)14-28-24-11-20(25)19(10-22(24)27-2)13-26-12-18-7-8-21-23(9-18)30-15-29-21/h3-11,26H,12-15H2,1-2H3. The maximum atomic E-state index is 6.51. The Balaban J connectivity index is 1.38. The van der Waals surface area contributed by atoms with Crippen LogP contribution in [0.4, 0.5) is 0 Å². The molecule has 1 heterocycles. The Morgan fingerprint density at radius 1 is 0.900 bits per heavy atom. The average molecular weight is 426 g/mol. The Hall–Kier alpha value is -2.89. The highest BCUT2D eigenvalue weighted by molar-refractivity contribution is 6.31. The van der Waals surface area contributed by atoms with Gasteiger partial charge in [-0.05, 0) is 41.8 Å². The molecule has 1 N–H and O–H groups in total. The number of aryl methyl sites for hydroxylation is 1. The molecule has 0 aromatic heterocycles. The van der Waals surface area contributed by atoms with Crippen LogP contribution in [-0.4, -0.2) is 13.9 Å². The van der Waals surface area contributed by atoms with E-state index in [0.717, 1.165) is 28.2 Å². The van der Waals surface area contributed by atoms with Crippen molar-refractivity contribution in [3.63, 3.8) is 0 Å². The van der Waals surface area contributed by atoms with Crippen molar-refractivity contribution in [1.82, 2.24) is 5.32 Å². The van der Waals surface area contributed by atoms with E-state index >= 15 is 0 Å². The maximum Gasteiger partial charge on any atom is 0.231 e. The van der Waals surface area contributed by atoms with Gasteiger partial charge >= 0.3 is 0 Å². The van der Waals surface area contributed by atoms with Gasteiger partial charge in [0.15, 0.2) is 23.0 Å². The molecule has 1 aliphatic heterocycles. The zero-order valence-electron chi connectivity index (χ0n) is 17.0. The highest BCUT2D eigenvalue weighted by Gasteiger charge is 2.14. The monoisotopic (exact) mass is 425 g/mol. The Morgan fingerprint density at radius 3 is 2.47 bits per heavy atom. The molecule has 0 saturated heterocycles. The molecule has 3 aromatic rings. The molecule has 6 heteroatoms. The third kappa shape index (κ3) is 4.81. The van der Waals surface area contributed by atoms with Crippen LogP contribution in [0, 0.1) is 6.92 Å². The number of halogens is 1. The first-order chi connectivity index (χ1) is 14.6. The van der Waals surface area contributed by atoms with Crippen LogP contribution in [-0.2, 0) is 19.7 Å². The first kappa shape index (κ1) is 20.4. The summed E-state index contributed by atoms with van der Waals surface area (Å²) in [6.45, 7) is 4.07. The molecule has 4 rings (SSSR count). The fourth-order valence-corrected chi connectivity index (χ4v) is 3.44. The highest BCUT2D eigenvalue weighted by atomic mass is 35.5. The second kappa shape index (κ2) is 9.28. The van der Waals surface area contributed by atoms with Crippen LogP contribution < -0.4 is 24.3 Å². The number of rotatable bonds is 8. The van der Waals surface area contributed by atoms with Crippen molar-refractivity contribution >= 4 is 11.6 Å². The largest absolute Gasteiger partial charge is 0.493 e. The van der Waals surface area contributed by atoms with Crippen LogP contribution in [0.2, 0.25) is 5.02 Å². The molecule has 0 bridgehead atoms. The molecule has 0 radical (unpaired) electrons. The van der Waals surface area contributed by atoms with Gasteiger partial charge in [0, 0.05) is 24.2 Å². The highest BCUT2D eigenvalue weighted by Crippen LogP contribution is 2.34. The number of fused-ring (bicyclic) bond motifs is 1. The van der Waals surface area contributed by atoms with Crippen molar-refractivity contribution in [3.8, 4) is 23.0 Å². The molecular weight excluding hydrogens is 402 g/mol. The van der Waals surface area contributed by atoms with Crippen molar-refractivity contribution in [2.24, 2.45) is 0 Å². The van der Waals surface area contributed by atoms with E-state index in [4.69, 9.17) is 30.5 Å². The van der Waals surface area contributed by atoms with Gasteiger partial charge in [0.25, 0.3) is 0 Å². The predicted molar refractivity (Wildman–Crippen MR) is 117 cm³/mol. The van der Waals surface area contributed by atoms with Crippen LogP contribution in [0.1, 0.15) is 22.3 Å². The Kier molecular flexibility index (Phi) is 6.31. The van der Waals surface area contributed by atoms with Crippen LogP contribution in [0.3, 0.4) is 0 Å². The maximum absolute atomic E-state index is 6.51. The van der Waals surface area contributed by atoms with Crippen molar-refractivity contribution < 1.29 is 18.9 Å². The first-order valence-electron chi connectivity index (χ1n) is 9.76. The van der Waals surface area contributed by atoms with Gasteiger partial charge in [0.1, 0.15) is 6.61 Å². The Labute approximate surface area is 181 Å². The fourth-order valence-electron chi connectivity index (χ4n) is 3.22. The van der Waals surface area contributed by atoms with Crippen LogP contribution >= 0.6 is 11.6 Å². The van der Waals surface area contributed by atoms with Crippen LogP contribution in [0.5, 0.6) is 23.0 Å². The zero-order valence-corrected chi connectivity index (χ0v) is 17.8. The van der Waals surface area contributed by atoms with Gasteiger partial charge in [0.2, 0.25) is 6.79 Å².